The van der Waals surface area contributed by atoms with E-state index in [0.717, 1.165) is 37.2 Å². The highest BCUT2D eigenvalue weighted by Crippen LogP contribution is 2.40. The summed E-state index contributed by atoms with van der Waals surface area (Å²) < 4.78 is 7.71. The van der Waals surface area contributed by atoms with Crippen LogP contribution in [0, 0.1) is 20.8 Å². The smallest absolute Gasteiger partial charge is 0.266 e. The molecule has 2 N–H and O–H groups in total. The molecule has 5 heterocycles. The molecule has 7 rings (SSSR count). The number of unbranched alkanes of at least 4 members (excludes halogenated alkanes) is 2. The summed E-state index contributed by atoms with van der Waals surface area (Å²) in [5.74, 6) is -1.50. The number of aromatic nitrogens is 3. The molecule has 1 unspecified atom stereocenters. The number of Topliss-reactive ketones (excluding diaryl/α,β-unsaturated/α-hetero) is 1. The highest BCUT2D eigenvalue weighted by atomic mass is 35.5. The van der Waals surface area contributed by atoms with E-state index in [2.05, 4.69) is 34.7 Å². The number of imide groups is 2. The molecule has 0 spiro atoms. The Morgan fingerprint density at radius 3 is 2.53 bits per heavy atom. The summed E-state index contributed by atoms with van der Waals surface area (Å²) in [4.78, 5) is 83.5. The minimum Gasteiger partial charge on any atom is -0.485 e. The van der Waals surface area contributed by atoms with E-state index < -0.39 is 35.7 Å². The lowest BCUT2D eigenvalue weighted by Gasteiger charge is -2.27. The average molecular weight is 784 g/mol. The molecule has 284 valence electrons. The first-order valence-corrected chi connectivity index (χ1v) is 19.2. The Kier molecular flexibility index (Phi) is 10.8. The SMILES string of the molecule is Cc1sc2c(c1C)C(c1ccc(Cl)cc1)=N[C@@H](CC(=O)NCCCCCC(=O)COc1cccc3c1C(=O)N(C1CCC(=O)NC1=O)C3=O)c1nnc(C)n1-2. The van der Waals surface area contributed by atoms with E-state index in [4.69, 9.17) is 21.3 Å². The first-order valence-electron chi connectivity index (χ1n) is 18.0. The standard InChI is InChI=1S/C39H38ClN7O7S/c1-20-21(2)55-39-32(20)34(23-11-13-24(40)14-12-23)42-27(35-45-44-22(3)46(35)39)18-31(50)41-17-6-4-5-8-25(48)19-54-29-10-7-9-26-33(29)38(53)47(37(26)52)28-15-16-30(49)43-36(28)51/h7,9-14,27-28H,4-6,8,15-19H2,1-3H3,(H,41,50)(H,43,49,51)/t27-,28?/m0/s1. The molecule has 1 fully saturated rings. The number of nitrogens with one attached hydrogen (secondary N) is 2. The molecule has 5 amide bonds. The van der Waals surface area contributed by atoms with Crippen LogP contribution in [0.1, 0.15) is 105 Å². The number of ketones is 1. The van der Waals surface area contributed by atoms with Crippen LogP contribution in [-0.2, 0) is 19.2 Å². The monoisotopic (exact) mass is 783 g/mol. The van der Waals surface area contributed by atoms with Gasteiger partial charge in [0, 0.05) is 40.4 Å². The van der Waals surface area contributed by atoms with E-state index >= 15 is 0 Å². The normalized spacial score (nSPS) is 17.6. The number of hydrogen-bond donors (Lipinski definition) is 2. The van der Waals surface area contributed by atoms with Gasteiger partial charge in [0.1, 0.15) is 35.3 Å². The van der Waals surface area contributed by atoms with Gasteiger partial charge in [0.2, 0.25) is 17.7 Å². The maximum atomic E-state index is 13.3. The van der Waals surface area contributed by atoms with Crippen molar-refractivity contribution in [3.8, 4) is 10.8 Å². The number of ether oxygens (including phenoxy) is 1. The van der Waals surface area contributed by atoms with Gasteiger partial charge in [0.25, 0.3) is 11.8 Å². The van der Waals surface area contributed by atoms with Crippen molar-refractivity contribution in [2.75, 3.05) is 13.2 Å². The molecule has 3 aliphatic rings. The zero-order chi connectivity index (χ0) is 39.0. The number of carbonyl (C=O) groups is 6. The summed E-state index contributed by atoms with van der Waals surface area (Å²) in [5, 5.41) is 15.6. The second kappa shape index (κ2) is 15.7. The Hall–Kier alpha value is -5.54. The molecule has 1 saturated heterocycles. The Balaban J connectivity index is 0.906. The van der Waals surface area contributed by atoms with Gasteiger partial charge >= 0.3 is 0 Å². The third kappa shape index (κ3) is 7.45. The summed E-state index contributed by atoms with van der Waals surface area (Å²) in [5.41, 5.74) is 3.83. The number of halogens is 1. The predicted octanol–water partition coefficient (Wildman–Crippen LogP) is 4.92. The van der Waals surface area contributed by atoms with Crippen molar-refractivity contribution in [2.24, 2.45) is 4.99 Å². The van der Waals surface area contributed by atoms with Gasteiger partial charge in [-0.3, -0.25) is 48.5 Å². The van der Waals surface area contributed by atoms with Crippen LogP contribution in [0.3, 0.4) is 0 Å². The topological polar surface area (TPSA) is 182 Å². The van der Waals surface area contributed by atoms with Gasteiger partial charge in [0.05, 0.1) is 23.3 Å². The molecular formula is C39H38ClN7O7S. The third-order valence-electron chi connectivity index (χ3n) is 10.0. The largest absolute Gasteiger partial charge is 0.485 e. The fourth-order valence-electron chi connectivity index (χ4n) is 7.07. The Morgan fingerprint density at radius 1 is 0.982 bits per heavy atom. The number of aliphatic imine (C=N–C) groups is 1. The summed E-state index contributed by atoms with van der Waals surface area (Å²) in [7, 11) is 0. The van der Waals surface area contributed by atoms with Crippen LogP contribution in [0.4, 0.5) is 0 Å². The van der Waals surface area contributed by atoms with Gasteiger partial charge in [-0.05, 0) is 69.9 Å². The maximum Gasteiger partial charge on any atom is 0.266 e. The quantitative estimate of drug-likeness (QED) is 0.141. The molecule has 16 heteroatoms. The molecule has 0 saturated carbocycles. The zero-order valence-electron chi connectivity index (χ0n) is 30.4. The van der Waals surface area contributed by atoms with Gasteiger partial charge in [0.15, 0.2) is 11.6 Å². The van der Waals surface area contributed by atoms with Crippen molar-refractivity contribution >= 4 is 64.0 Å². The predicted molar refractivity (Wildman–Crippen MR) is 203 cm³/mol. The van der Waals surface area contributed by atoms with Gasteiger partial charge in [-0.15, -0.1) is 21.5 Å². The summed E-state index contributed by atoms with van der Waals surface area (Å²) in [6.07, 6.45) is 2.23. The van der Waals surface area contributed by atoms with Gasteiger partial charge in [-0.1, -0.05) is 36.2 Å². The van der Waals surface area contributed by atoms with Gasteiger partial charge in [-0.2, -0.15) is 0 Å². The first-order chi connectivity index (χ1) is 26.4. The molecule has 4 aromatic rings. The van der Waals surface area contributed by atoms with Crippen molar-refractivity contribution in [3.63, 3.8) is 0 Å². The fraction of sp³-hybridized carbons (Fsp3) is 0.359. The first kappa shape index (κ1) is 37.8. The highest BCUT2D eigenvalue weighted by Gasteiger charge is 2.46. The number of benzene rings is 2. The van der Waals surface area contributed by atoms with Crippen molar-refractivity contribution in [1.82, 2.24) is 30.3 Å². The van der Waals surface area contributed by atoms with E-state index in [1.807, 2.05) is 35.8 Å². The van der Waals surface area contributed by atoms with Crippen molar-refractivity contribution < 1.29 is 33.5 Å². The van der Waals surface area contributed by atoms with Crippen LogP contribution in [0.5, 0.6) is 5.75 Å². The van der Waals surface area contributed by atoms with Gasteiger partial charge < -0.3 is 10.1 Å². The number of piperidine rings is 1. The van der Waals surface area contributed by atoms with Crippen molar-refractivity contribution in [2.45, 2.75) is 77.8 Å². The van der Waals surface area contributed by atoms with Crippen LogP contribution in [0.25, 0.3) is 5.00 Å². The van der Waals surface area contributed by atoms with E-state index in [-0.39, 0.29) is 60.9 Å². The molecule has 2 aromatic heterocycles. The summed E-state index contributed by atoms with van der Waals surface area (Å²) in [6, 6.07) is 10.3. The number of rotatable bonds is 13. The van der Waals surface area contributed by atoms with E-state index in [9.17, 15) is 28.8 Å². The van der Waals surface area contributed by atoms with E-state index in [1.165, 1.54) is 12.1 Å². The Labute approximate surface area is 325 Å². The average Bonchev–Trinajstić information content (AvgIpc) is 3.73. The number of amides is 5. The molecule has 14 nitrogen and oxygen atoms in total. The lowest BCUT2D eigenvalue weighted by molar-refractivity contribution is -0.136. The number of carbonyl (C=O) groups excluding carboxylic acids is 6. The minimum absolute atomic E-state index is 0.00633. The lowest BCUT2D eigenvalue weighted by Crippen LogP contribution is -2.54. The van der Waals surface area contributed by atoms with E-state index in [0.29, 0.717) is 42.5 Å². The van der Waals surface area contributed by atoms with Crippen molar-refractivity contribution in [3.05, 3.63) is 91.8 Å². The Bertz CT molecular complexity index is 2280. The lowest BCUT2D eigenvalue weighted by atomic mass is 9.99. The van der Waals surface area contributed by atoms with Crippen LogP contribution >= 0.6 is 22.9 Å². The number of thiophene rings is 1. The molecule has 0 radical (unpaired) electrons. The summed E-state index contributed by atoms with van der Waals surface area (Å²) >= 11 is 7.85. The minimum atomic E-state index is -1.10. The number of nitrogens with zero attached hydrogens (tertiary/aromatic N) is 5. The van der Waals surface area contributed by atoms with Crippen LogP contribution in [0.2, 0.25) is 5.02 Å². The third-order valence-corrected chi connectivity index (χ3v) is 11.5. The summed E-state index contributed by atoms with van der Waals surface area (Å²) in [6.45, 7) is 6.15. The number of hydrogen-bond acceptors (Lipinski definition) is 11. The molecule has 2 atom stereocenters. The number of fused-ring (bicyclic) bond motifs is 4. The molecular weight excluding hydrogens is 746 g/mol. The van der Waals surface area contributed by atoms with Crippen LogP contribution in [-0.4, -0.2) is 79.9 Å². The van der Waals surface area contributed by atoms with E-state index in [1.54, 1.807) is 17.4 Å². The molecule has 2 aromatic carbocycles. The van der Waals surface area contributed by atoms with Gasteiger partial charge in [-0.25, -0.2) is 0 Å². The molecule has 0 bridgehead atoms. The number of aryl methyl sites for hydroxylation is 2. The van der Waals surface area contributed by atoms with Crippen LogP contribution in [0.15, 0.2) is 47.5 Å². The fourth-order valence-corrected chi connectivity index (χ4v) is 8.41. The molecule has 0 aliphatic carbocycles. The second-order valence-electron chi connectivity index (χ2n) is 13.7. The maximum absolute atomic E-state index is 13.3. The van der Waals surface area contributed by atoms with Crippen LogP contribution < -0.4 is 15.4 Å². The second-order valence-corrected chi connectivity index (χ2v) is 15.4. The molecule has 55 heavy (non-hydrogen) atoms. The Morgan fingerprint density at radius 2 is 1.76 bits per heavy atom. The zero-order valence-corrected chi connectivity index (χ0v) is 32.0. The molecule has 3 aliphatic heterocycles. The highest BCUT2D eigenvalue weighted by molar-refractivity contribution is 7.15. The van der Waals surface area contributed by atoms with Crippen molar-refractivity contribution in [1.29, 1.82) is 0 Å².